The number of carbonyl (C=O) groups excluding carboxylic acids is 1. The minimum atomic E-state index is -0.527. The monoisotopic (exact) mass is 509 g/mol. The van der Waals surface area contributed by atoms with Crippen molar-refractivity contribution >= 4 is 28.7 Å². The molecule has 186 valence electrons. The first-order chi connectivity index (χ1) is 17.2. The third-order valence-electron chi connectivity index (χ3n) is 5.19. The Bertz CT molecular complexity index is 1460. The van der Waals surface area contributed by atoms with Crippen LogP contribution in [0.15, 0.2) is 23.1 Å². The molecule has 0 radical (unpaired) electrons. The highest BCUT2D eigenvalue weighted by Gasteiger charge is 2.25. The Kier molecular flexibility index (Phi) is 7.28. The molecule has 1 atom stereocenters. The van der Waals surface area contributed by atoms with Crippen LogP contribution in [-0.4, -0.2) is 47.7 Å². The third kappa shape index (κ3) is 5.50. The van der Waals surface area contributed by atoms with Gasteiger partial charge in [-0.15, -0.1) is 0 Å². The SMILES string of the molecule is C[C@@H](NC(=O)c1ncnc(C#CCCCO)c1Cl)c1cc(-c2[nH]c3cnc(C(C)(C)C)nc3[nH+]2)no1. The second-order valence-electron chi connectivity index (χ2n) is 9.15. The van der Waals surface area contributed by atoms with Crippen molar-refractivity contribution in [2.75, 3.05) is 6.61 Å². The number of aromatic amines is 2. The van der Waals surface area contributed by atoms with Crippen LogP contribution < -0.4 is 10.3 Å². The highest BCUT2D eigenvalue weighted by atomic mass is 35.5. The molecule has 0 saturated heterocycles. The number of aliphatic hydroxyl groups excluding tert-OH is 1. The van der Waals surface area contributed by atoms with Crippen molar-refractivity contribution < 1.29 is 19.4 Å². The van der Waals surface area contributed by atoms with Gasteiger partial charge in [-0.2, -0.15) is 0 Å². The van der Waals surface area contributed by atoms with E-state index in [0.717, 1.165) is 11.3 Å². The van der Waals surface area contributed by atoms with Crippen molar-refractivity contribution in [1.29, 1.82) is 0 Å². The molecule has 4 heterocycles. The number of amides is 1. The Morgan fingerprint density at radius 1 is 1.33 bits per heavy atom. The largest absolute Gasteiger partial charge is 0.396 e. The average molecular weight is 510 g/mol. The van der Waals surface area contributed by atoms with Crippen LogP contribution in [-0.2, 0) is 5.41 Å². The van der Waals surface area contributed by atoms with Crippen LogP contribution in [0.25, 0.3) is 22.7 Å². The predicted molar refractivity (Wildman–Crippen MR) is 131 cm³/mol. The smallest absolute Gasteiger partial charge is 0.303 e. The molecule has 0 aromatic carbocycles. The molecule has 0 aliphatic heterocycles. The van der Waals surface area contributed by atoms with Crippen molar-refractivity contribution in [3.63, 3.8) is 0 Å². The number of nitrogens with one attached hydrogen (secondary N) is 3. The fourth-order valence-corrected chi connectivity index (χ4v) is 3.45. The molecule has 0 fully saturated rings. The van der Waals surface area contributed by atoms with Crippen molar-refractivity contribution in [2.24, 2.45) is 0 Å². The summed E-state index contributed by atoms with van der Waals surface area (Å²) < 4.78 is 5.47. The highest BCUT2D eigenvalue weighted by Crippen LogP contribution is 2.23. The Labute approximate surface area is 212 Å². The van der Waals surface area contributed by atoms with E-state index < -0.39 is 11.9 Å². The van der Waals surface area contributed by atoms with E-state index in [0.29, 0.717) is 35.8 Å². The average Bonchev–Trinajstić information content (AvgIpc) is 3.49. The van der Waals surface area contributed by atoms with Gasteiger partial charge in [0.15, 0.2) is 22.7 Å². The summed E-state index contributed by atoms with van der Waals surface area (Å²) in [6, 6.07) is 1.18. The van der Waals surface area contributed by atoms with Gasteiger partial charge in [0.1, 0.15) is 17.0 Å². The van der Waals surface area contributed by atoms with E-state index in [1.807, 2.05) is 20.8 Å². The molecular formula is C24H26ClN8O3+. The van der Waals surface area contributed by atoms with Gasteiger partial charge in [-0.25, -0.2) is 19.9 Å². The molecule has 0 bridgehead atoms. The van der Waals surface area contributed by atoms with E-state index in [1.54, 1.807) is 19.2 Å². The molecule has 4 aromatic rings. The maximum Gasteiger partial charge on any atom is 0.303 e. The molecule has 0 saturated carbocycles. The van der Waals surface area contributed by atoms with Crippen molar-refractivity contribution in [2.45, 2.75) is 52.0 Å². The van der Waals surface area contributed by atoms with Gasteiger partial charge >= 0.3 is 5.65 Å². The summed E-state index contributed by atoms with van der Waals surface area (Å²) in [7, 11) is 0. The van der Waals surface area contributed by atoms with Crippen LogP contribution in [0.5, 0.6) is 0 Å². The Morgan fingerprint density at radius 2 is 2.14 bits per heavy atom. The standard InChI is InChI=1S/C24H25ClN8O3/c1-13(29-22(35)19-18(25)14(27-12-28-19)8-6-5-7-9-34)17-10-15(33-36-17)20-30-16-11-26-23(24(2,3)4)32-21(16)31-20/h10-13,34H,5,7,9H2,1-4H3,(H,29,35)(H,26,30,31,32)/p+1/t13-/m1/s1. The number of aromatic nitrogens is 7. The quantitative estimate of drug-likeness (QED) is 0.264. The molecule has 0 spiro atoms. The molecular weight excluding hydrogens is 484 g/mol. The highest BCUT2D eigenvalue weighted by molar-refractivity contribution is 6.34. The number of H-pyrrole nitrogens is 2. The van der Waals surface area contributed by atoms with Crippen LogP contribution >= 0.6 is 11.6 Å². The second kappa shape index (κ2) is 10.4. The number of halogens is 1. The van der Waals surface area contributed by atoms with E-state index in [1.165, 1.54) is 6.33 Å². The maximum absolute atomic E-state index is 12.8. The van der Waals surface area contributed by atoms with Crippen LogP contribution in [0.4, 0.5) is 0 Å². The number of unbranched alkanes of at least 4 members (excludes halogenated alkanes) is 1. The Hall–Kier alpha value is -3.88. The van der Waals surface area contributed by atoms with Gasteiger partial charge < -0.3 is 14.9 Å². The normalized spacial score (nSPS) is 12.3. The summed E-state index contributed by atoms with van der Waals surface area (Å²) in [5, 5.41) is 15.8. The number of aliphatic hydroxyl groups is 1. The zero-order valence-corrected chi connectivity index (χ0v) is 21.1. The number of nitrogens with zero attached hydrogens (tertiary/aromatic N) is 5. The topological polar surface area (TPSA) is 157 Å². The van der Waals surface area contributed by atoms with Crippen LogP contribution in [0, 0.1) is 11.8 Å². The molecule has 4 N–H and O–H groups in total. The van der Waals surface area contributed by atoms with Gasteiger partial charge in [0, 0.05) is 24.5 Å². The van der Waals surface area contributed by atoms with Crippen LogP contribution in [0.3, 0.4) is 0 Å². The lowest BCUT2D eigenvalue weighted by Crippen LogP contribution is -2.27. The first-order valence-electron chi connectivity index (χ1n) is 11.3. The molecule has 4 aromatic heterocycles. The first kappa shape index (κ1) is 25.2. The third-order valence-corrected chi connectivity index (χ3v) is 5.55. The van der Waals surface area contributed by atoms with E-state index in [-0.39, 0.29) is 28.4 Å². The minimum Gasteiger partial charge on any atom is -0.396 e. The van der Waals surface area contributed by atoms with E-state index in [9.17, 15) is 4.79 Å². The van der Waals surface area contributed by atoms with Crippen molar-refractivity contribution in [3.8, 4) is 23.4 Å². The summed E-state index contributed by atoms with van der Waals surface area (Å²) in [6.45, 7) is 7.94. The van der Waals surface area contributed by atoms with E-state index in [2.05, 4.69) is 52.2 Å². The molecule has 0 unspecified atom stereocenters. The number of imidazole rings is 1. The number of rotatable bonds is 6. The fraction of sp³-hybridized carbons (Fsp3) is 0.375. The van der Waals surface area contributed by atoms with Gasteiger partial charge in [0.05, 0.1) is 12.2 Å². The summed E-state index contributed by atoms with van der Waals surface area (Å²) in [4.78, 5) is 36.3. The number of carbonyl (C=O) groups is 1. The number of hydrogen-bond acceptors (Lipinski definition) is 8. The van der Waals surface area contributed by atoms with Gasteiger partial charge in [-0.3, -0.25) is 9.78 Å². The van der Waals surface area contributed by atoms with Gasteiger partial charge in [-0.05, 0) is 19.3 Å². The molecule has 0 aliphatic carbocycles. The molecule has 11 nitrogen and oxygen atoms in total. The Balaban J connectivity index is 1.49. The van der Waals surface area contributed by atoms with Gasteiger partial charge in [-0.1, -0.05) is 48.4 Å². The number of fused-ring (bicyclic) bond motifs is 1. The lowest BCUT2D eigenvalue weighted by Gasteiger charge is -2.11. The van der Waals surface area contributed by atoms with Gasteiger partial charge in [0.2, 0.25) is 5.82 Å². The fourth-order valence-electron chi connectivity index (χ4n) is 3.22. The van der Waals surface area contributed by atoms with Crippen molar-refractivity contribution in [3.05, 3.63) is 46.6 Å². The zero-order chi connectivity index (χ0) is 25.9. The summed E-state index contributed by atoms with van der Waals surface area (Å²) >= 11 is 6.32. The molecule has 12 heteroatoms. The maximum atomic E-state index is 12.8. The first-order valence-corrected chi connectivity index (χ1v) is 11.7. The Morgan fingerprint density at radius 3 is 2.89 bits per heavy atom. The summed E-state index contributed by atoms with van der Waals surface area (Å²) in [5.41, 5.74) is 1.97. The lowest BCUT2D eigenvalue weighted by atomic mass is 9.96. The lowest BCUT2D eigenvalue weighted by molar-refractivity contribution is -0.334. The molecule has 1 amide bonds. The second-order valence-corrected chi connectivity index (χ2v) is 9.53. The van der Waals surface area contributed by atoms with Crippen LogP contribution in [0.2, 0.25) is 5.02 Å². The zero-order valence-electron chi connectivity index (χ0n) is 20.3. The predicted octanol–water partition coefficient (Wildman–Crippen LogP) is 2.78. The molecule has 4 rings (SSSR count). The van der Waals surface area contributed by atoms with Crippen molar-refractivity contribution in [1.82, 2.24) is 35.4 Å². The summed E-state index contributed by atoms with van der Waals surface area (Å²) in [6.07, 6.45) is 3.99. The van der Waals surface area contributed by atoms with Gasteiger partial charge in [0.25, 0.3) is 11.7 Å². The van der Waals surface area contributed by atoms with E-state index in [4.69, 9.17) is 21.2 Å². The summed E-state index contributed by atoms with van der Waals surface area (Å²) in [5.74, 6) is 6.91. The van der Waals surface area contributed by atoms with E-state index >= 15 is 0 Å². The molecule has 36 heavy (non-hydrogen) atoms. The molecule has 0 aliphatic rings. The minimum absolute atomic E-state index is 0.00175. The number of hydrogen-bond donors (Lipinski definition) is 3. The van der Waals surface area contributed by atoms with Crippen LogP contribution in [0.1, 0.15) is 74.3 Å².